The molecule has 1 atom stereocenters. The number of carbonyl (C=O) groups excluding carboxylic acids is 1. The molecule has 1 aliphatic rings. The summed E-state index contributed by atoms with van der Waals surface area (Å²) in [5, 5.41) is 3.06. The molecule has 1 aromatic heterocycles. The van der Waals surface area contributed by atoms with E-state index in [1.54, 1.807) is 11.3 Å². The molecule has 1 fully saturated rings. The number of nitrogens with one attached hydrogen (secondary N) is 1. The lowest BCUT2D eigenvalue weighted by atomic mass is 10.1. The quantitative estimate of drug-likeness (QED) is 0.821. The number of aromatic nitrogens is 1. The van der Waals surface area contributed by atoms with Crippen LogP contribution in [-0.4, -0.2) is 35.4 Å². The molecule has 0 bridgehead atoms. The largest absolute Gasteiger partial charge is 0.354 e. The first-order valence-corrected chi connectivity index (χ1v) is 9.66. The van der Waals surface area contributed by atoms with Crippen molar-refractivity contribution in [1.29, 1.82) is 0 Å². The summed E-state index contributed by atoms with van der Waals surface area (Å²) in [5.74, 6) is -0.174. The van der Waals surface area contributed by atoms with E-state index in [9.17, 15) is 9.18 Å². The molecule has 1 saturated heterocycles. The first-order valence-electron chi connectivity index (χ1n) is 8.78. The third kappa shape index (κ3) is 4.86. The molecule has 0 spiro atoms. The van der Waals surface area contributed by atoms with Gasteiger partial charge in [-0.3, -0.25) is 9.69 Å². The van der Waals surface area contributed by atoms with E-state index in [2.05, 4.69) is 15.2 Å². The number of nitrogens with zero attached hydrogens (tertiary/aromatic N) is 2. The molecular weight excluding hydrogens is 337 g/mol. The molecule has 0 saturated carbocycles. The summed E-state index contributed by atoms with van der Waals surface area (Å²) in [6, 6.07) is 6.74. The third-order valence-corrected chi connectivity index (χ3v) is 5.75. The molecule has 0 radical (unpaired) electrons. The Kier molecular flexibility index (Phi) is 6.15. The number of rotatable bonds is 7. The maximum absolute atomic E-state index is 13.2. The van der Waals surface area contributed by atoms with Gasteiger partial charge in [-0.2, -0.15) is 0 Å². The van der Waals surface area contributed by atoms with Crippen LogP contribution in [-0.2, 0) is 11.2 Å². The van der Waals surface area contributed by atoms with Crippen LogP contribution in [0.5, 0.6) is 0 Å². The highest BCUT2D eigenvalue weighted by Crippen LogP contribution is 2.25. The zero-order valence-electron chi connectivity index (χ0n) is 14.5. The monoisotopic (exact) mass is 361 g/mol. The van der Waals surface area contributed by atoms with Gasteiger partial charge in [0.25, 0.3) is 0 Å². The molecule has 1 unspecified atom stereocenters. The highest BCUT2D eigenvalue weighted by atomic mass is 32.1. The summed E-state index contributed by atoms with van der Waals surface area (Å²) in [6.45, 7) is 4.59. The first-order chi connectivity index (χ1) is 12.1. The Morgan fingerprint density at radius 3 is 2.68 bits per heavy atom. The molecule has 1 aliphatic heterocycles. The van der Waals surface area contributed by atoms with Crippen molar-refractivity contribution in [3.05, 3.63) is 51.7 Å². The van der Waals surface area contributed by atoms with Crippen molar-refractivity contribution in [2.75, 3.05) is 19.6 Å². The molecule has 3 rings (SSSR count). The Bertz CT molecular complexity index is 695. The molecular formula is C19H24FN3OS. The van der Waals surface area contributed by atoms with Crippen LogP contribution < -0.4 is 5.32 Å². The van der Waals surface area contributed by atoms with E-state index in [0.717, 1.165) is 30.8 Å². The van der Waals surface area contributed by atoms with Crippen molar-refractivity contribution in [2.24, 2.45) is 0 Å². The van der Waals surface area contributed by atoms with Gasteiger partial charge in [0.1, 0.15) is 5.82 Å². The van der Waals surface area contributed by atoms with Gasteiger partial charge in [-0.15, -0.1) is 11.3 Å². The number of thiazole rings is 1. The van der Waals surface area contributed by atoms with E-state index < -0.39 is 0 Å². The van der Waals surface area contributed by atoms with Gasteiger partial charge >= 0.3 is 0 Å². The van der Waals surface area contributed by atoms with Crippen LogP contribution in [0.3, 0.4) is 0 Å². The van der Waals surface area contributed by atoms with E-state index in [-0.39, 0.29) is 17.8 Å². The van der Waals surface area contributed by atoms with Crippen molar-refractivity contribution in [1.82, 2.24) is 15.2 Å². The van der Waals surface area contributed by atoms with Gasteiger partial charge in [-0.1, -0.05) is 12.1 Å². The lowest BCUT2D eigenvalue weighted by Gasteiger charge is -2.28. The van der Waals surface area contributed by atoms with Gasteiger partial charge in [0.05, 0.1) is 17.2 Å². The van der Waals surface area contributed by atoms with Crippen LogP contribution in [0, 0.1) is 12.7 Å². The second kappa shape index (κ2) is 8.54. The fourth-order valence-electron chi connectivity index (χ4n) is 3.29. The normalized spacial score (nSPS) is 16.1. The molecule has 134 valence electrons. The summed E-state index contributed by atoms with van der Waals surface area (Å²) in [5.41, 5.74) is 3.89. The lowest BCUT2D eigenvalue weighted by molar-refractivity contribution is -0.121. The summed E-state index contributed by atoms with van der Waals surface area (Å²) in [7, 11) is 0. The summed E-state index contributed by atoms with van der Waals surface area (Å²) in [4.78, 5) is 20.0. The molecule has 1 N–H and O–H groups in total. The van der Waals surface area contributed by atoms with Gasteiger partial charge < -0.3 is 5.32 Å². The molecule has 0 aliphatic carbocycles. The molecule has 2 aromatic rings. The smallest absolute Gasteiger partial charge is 0.220 e. The maximum Gasteiger partial charge on any atom is 0.220 e. The highest BCUT2D eigenvalue weighted by Gasteiger charge is 2.24. The Morgan fingerprint density at radius 2 is 2.04 bits per heavy atom. The van der Waals surface area contributed by atoms with Crippen molar-refractivity contribution >= 4 is 17.2 Å². The number of amides is 1. The number of hydrogen-bond acceptors (Lipinski definition) is 4. The first kappa shape index (κ1) is 18.0. The van der Waals surface area contributed by atoms with Crippen molar-refractivity contribution in [3.8, 4) is 0 Å². The number of hydrogen-bond donors (Lipinski definition) is 1. The minimum Gasteiger partial charge on any atom is -0.354 e. The van der Waals surface area contributed by atoms with Crippen molar-refractivity contribution < 1.29 is 9.18 Å². The van der Waals surface area contributed by atoms with Crippen molar-refractivity contribution in [2.45, 2.75) is 38.6 Å². The van der Waals surface area contributed by atoms with E-state index >= 15 is 0 Å². The van der Waals surface area contributed by atoms with Crippen LogP contribution in [0.2, 0.25) is 0 Å². The topological polar surface area (TPSA) is 45.2 Å². The SMILES string of the molecule is Cc1ncsc1CCC(=O)NCC(c1ccc(F)cc1)N1CCCC1. The Hall–Kier alpha value is -1.79. The molecule has 25 heavy (non-hydrogen) atoms. The second-order valence-electron chi connectivity index (χ2n) is 6.48. The number of carbonyl (C=O) groups is 1. The number of halogens is 1. The van der Waals surface area contributed by atoms with Crippen LogP contribution in [0.15, 0.2) is 29.8 Å². The van der Waals surface area contributed by atoms with E-state index in [4.69, 9.17) is 0 Å². The van der Waals surface area contributed by atoms with Gasteiger partial charge in [0.15, 0.2) is 0 Å². The number of likely N-dealkylation sites (tertiary alicyclic amines) is 1. The van der Waals surface area contributed by atoms with Crippen LogP contribution in [0.1, 0.15) is 41.4 Å². The summed E-state index contributed by atoms with van der Waals surface area (Å²) >= 11 is 1.60. The summed E-state index contributed by atoms with van der Waals surface area (Å²) < 4.78 is 13.2. The molecule has 1 aromatic carbocycles. The fraction of sp³-hybridized carbons (Fsp3) is 0.474. The molecule has 2 heterocycles. The van der Waals surface area contributed by atoms with Gasteiger partial charge in [-0.25, -0.2) is 9.37 Å². The minimum atomic E-state index is -0.229. The zero-order chi connectivity index (χ0) is 17.6. The predicted molar refractivity (Wildman–Crippen MR) is 98.1 cm³/mol. The number of benzene rings is 1. The Balaban J connectivity index is 1.57. The van der Waals surface area contributed by atoms with Gasteiger partial charge in [0.2, 0.25) is 5.91 Å². The molecule has 1 amide bonds. The zero-order valence-corrected chi connectivity index (χ0v) is 15.3. The van der Waals surface area contributed by atoms with Crippen LogP contribution >= 0.6 is 11.3 Å². The second-order valence-corrected chi connectivity index (χ2v) is 7.41. The van der Waals surface area contributed by atoms with Gasteiger partial charge in [0, 0.05) is 17.8 Å². The average Bonchev–Trinajstić information content (AvgIpc) is 3.27. The summed E-state index contributed by atoms with van der Waals surface area (Å²) in [6.07, 6.45) is 3.55. The van der Waals surface area contributed by atoms with E-state index in [1.807, 2.05) is 24.6 Å². The van der Waals surface area contributed by atoms with Crippen LogP contribution in [0.4, 0.5) is 4.39 Å². The van der Waals surface area contributed by atoms with E-state index in [1.165, 1.54) is 29.9 Å². The standard InChI is InChI=1S/C19H24FN3OS/c1-14-18(25-13-22-14)8-9-19(24)21-12-17(23-10-2-3-11-23)15-4-6-16(20)7-5-15/h4-7,13,17H,2-3,8-12H2,1H3,(H,21,24). The third-order valence-electron chi connectivity index (χ3n) is 4.75. The Morgan fingerprint density at radius 1 is 1.32 bits per heavy atom. The van der Waals surface area contributed by atoms with Crippen LogP contribution in [0.25, 0.3) is 0 Å². The maximum atomic E-state index is 13.2. The Labute approximate surface area is 152 Å². The highest BCUT2D eigenvalue weighted by molar-refractivity contribution is 7.09. The average molecular weight is 361 g/mol. The minimum absolute atomic E-state index is 0.0547. The lowest BCUT2D eigenvalue weighted by Crippen LogP contribution is -2.36. The van der Waals surface area contributed by atoms with E-state index in [0.29, 0.717) is 13.0 Å². The van der Waals surface area contributed by atoms with Gasteiger partial charge in [-0.05, 0) is 57.0 Å². The molecule has 4 nitrogen and oxygen atoms in total. The predicted octanol–water partition coefficient (Wildman–Crippen LogP) is 3.48. The number of aryl methyl sites for hydroxylation is 2. The molecule has 6 heteroatoms. The fourth-order valence-corrected chi connectivity index (χ4v) is 4.07. The van der Waals surface area contributed by atoms with Crippen molar-refractivity contribution in [3.63, 3.8) is 0 Å².